The molecule has 14 heteroatoms. The molecule has 0 radical (unpaired) electrons. The Balaban J connectivity index is 0.00000205. The molecule has 1 saturated heterocycles. The van der Waals surface area contributed by atoms with Crippen molar-refractivity contribution in [2.45, 2.75) is 84.1 Å². The van der Waals surface area contributed by atoms with Crippen molar-refractivity contribution < 1.29 is 9.32 Å². The Morgan fingerprint density at radius 3 is 2.71 bits per heavy atom. The van der Waals surface area contributed by atoms with E-state index in [0.29, 0.717) is 70.5 Å². The van der Waals surface area contributed by atoms with E-state index in [-0.39, 0.29) is 11.8 Å². The largest absolute Gasteiger partial charge is 0.389 e. The van der Waals surface area contributed by atoms with E-state index < -0.39 is 0 Å². The van der Waals surface area contributed by atoms with Crippen LogP contribution in [0.2, 0.25) is 0 Å². The number of likely N-dealkylation sites (N-methyl/N-ethyl adjacent to an activating group) is 2. The number of aromatic nitrogens is 5. The Morgan fingerprint density at radius 2 is 2.00 bits per heavy atom. The lowest BCUT2D eigenvalue weighted by atomic mass is 9.81. The van der Waals surface area contributed by atoms with Crippen LogP contribution in [0.5, 0.6) is 0 Å². The second-order valence-electron chi connectivity index (χ2n) is 12.7. The van der Waals surface area contributed by atoms with Crippen molar-refractivity contribution in [3.05, 3.63) is 50.3 Å². The van der Waals surface area contributed by atoms with Gasteiger partial charge in [-0.2, -0.15) is 10.4 Å². The van der Waals surface area contributed by atoms with Gasteiger partial charge in [0.1, 0.15) is 22.6 Å². The number of likely N-dealkylation sites (tertiary alicyclic amines) is 1. The monoisotopic (exact) mass is 683 g/mol. The predicted octanol–water partition coefficient (Wildman–Crippen LogP) is 5.41. The summed E-state index contributed by atoms with van der Waals surface area (Å²) < 4.78 is 7.72. The van der Waals surface area contributed by atoms with Crippen LogP contribution in [0.1, 0.15) is 108 Å². The van der Waals surface area contributed by atoms with Gasteiger partial charge in [0.2, 0.25) is 0 Å². The first-order valence-electron chi connectivity index (χ1n) is 17.3. The van der Waals surface area contributed by atoms with Gasteiger partial charge in [0.25, 0.3) is 5.91 Å². The average molecular weight is 684 g/mol. The number of hydrogen-bond acceptors (Lipinski definition) is 12. The molecule has 13 nitrogen and oxygen atoms in total. The first kappa shape index (κ1) is 34.3. The Hall–Kier alpha value is -4.61. The van der Waals surface area contributed by atoms with Gasteiger partial charge in [-0.15, -0.1) is 11.3 Å². The van der Waals surface area contributed by atoms with Gasteiger partial charge in [-0.25, -0.2) is 14.6 Å². The molecule has 4 N–H and O–H groups in total. The summed E-state index contributed by atoms with van der Waals surface area (Å²) in [6.45, 7) is 8.43. The highest BCUT2D eigenvalue weighted by Crippen LogP contribution is 2.46. The number of anilines is 2. The summed E-state index contributed by atoms with van der Waals surface area (Å²) in [5, 5.41) is 31.7. The number of nitrogens with one attached hydrogen (secondary N) is 2. The second kappa shape index (κ2) is 14.5. The van der Waals surface area contributed by atoms with E-state index in [1.165, 1.54) is 17.6 Å². The molecule has 7 rings (SSSR count). The van der Waals surface area contributed by atoms with Crippen molar-refractivity contribution in [2.24, 2.45) is 0 Å². The molecular weight excluding hydrogens is 639 g/mol. The van der Waals surface area contributed by atoms with Crippen LogP contribution in [-0.2, 0) is 19.3 Å². The van der Waals surface area contributed by atoms with Crippen LogP contribution in [0, 0.1) is 16.7 Å². The topological polar surface area (TPSA) is 179 Å². The van der Waals surface area contributed by atoms with Crippen LogP contribution in [0.15, 0.2) is 10.7 Å². The first-order valence-corrected chi connectivity index (χ1v) is 18.1. The Kier molecular flexibility index (Phi) is 10.1. The molecule has 1 fully saturated rings. The zero-order valence-corrected chi connectivity index (χ0v) is 29.8. The number of rotatable bonds is 9. The summed E-state index contributed by atoms with van der Waals surface area (Å²) in [6, 6.07) is 2.69. The minimum atomic E-state index is -0.138. The molecule has 2 unspecified atom stereocenters. The van der Waals surface area contributed by atoms with Crippen LogP contribution >= 0.6 is 11.3 Å². The lowest BCUT2D eigenvalue weighted by Crippen LogP contribution is -2.33. The van der Waals surface area contributed by atoms with Crippen molar-refractivity contribution >= 4 is 34.3 Å². The van der Waals surface area contributed by atoms with Crippen molar-refractivity contribution in [1.82, 2.24) is 34.7 Å². The summed E-state index contributed by atoms with van der Waals surface area (Å²) >= 11 is 1.49. The second-order valence-corrected chi connectivity index (χ2v) is 13.9. The van der Waals surface area contributed by atoms with Gasteiger partial charge >= 0.3 is 0 Å². The molecule has 6 heterocycles. The van der Waals surface area contributed by atoms with Crippen LogP contribution in [-0.4, -0.2) is 86.6 Å². The predicted molar refractivity (Wildman–Crippen MR) is 191 cm³/mol. The molecule has 2 atom stereocenters. The molecule has 0 spiro atoms. The highest BCUT2D eigenvalue weighted by Gasteiger charge is 2.36. The maximum Gasteiger partial charge on any atom is 0.274 e. The fourth-order valence-corrected chi connectivity index (χ4v) is 8.40. The molecule has 3 aliphatic rings. The fourth-order valence-electron chi connectivity index (χ4n) is 7.22. The Morgan fingerprint density at radius 1 is 1.18 bits per heavy atom. The Labute approximate surface area is 291 Å². The lowest BCUT2D eigenvalue weighted by Gasteiger charge is -2.22. The molecule has 258 valence electrons. The van der Waals surface area contributed by atoms with E-state index in [1.54, 1.807) is 16.6 Å². The van der Waals surface area contributed by atoms with E-state index in [2.05, 4.69) is 40.5 Å². The van der Waals surface area contributed by atoms with Crippen molar-refractivity contribution in [3.63, 3.8) is 0 Å². The van der Waals surface area contributed by atoms with Crippen molar-refractivity contribution in [3.8, 4) is 23.4 Å². The first-order chi connectivity index (χ1) is 23.8. The number of thiophene rings is 1. The van der Waals surface area contributed by atoms with Crippen LogP contribution < -0.4 is 11.1 Å². The van der Waals surface area contributed by atoms with Gasteiger partial charge < -0.3 is 30.8 Å². The summed E-state index contributed by atoms with van der Waals surface area (Å²) in [7, 11) is 3.90. The van der Waals surface area contributed by atoms with Gasteiger partial charge in [0.05, 0.1) is 11.1 Å². The van der Waals surface area contributed by atoms with Gasteiger partial charge in [0.15, 0.2) is 23.0 Å². The van der Waals surface area contributed by atoms with Gasteiger partial charge in [0, 0.05) is 60.5 Å². The lowest BCUT2D eigenvalue weighted by molar-refractivity contribution is 0.0774. The van der Waals surface area contributed by atoms with E-state index in [0.717, 1.165) is 78.8 Å². The van der Waals surface area contributed by atoms with Gasteiger partial charge in [-0.05, 0) is 64.1 Å². The molecular formula is C35H45N11O2S. The Bertz CT molecular complexity index is 1900. The van der Waals surface area contributed by atoms with E-state index in [1.807, 2.05) is 20.0 Å². The van der Waals surface area contributed by atoms with Crippen LogP contribution in [0.4, 0.5) is 10.8 Å². The SMILES string of the molecule is CC.CCCc1sc(N)c(C#N)c1C1CCCc2c(-c3nc(NCC4CCCN4C)c(C=N)c(-n4cc5c(n4)C(=O)N(C)CC5)n3)noc21. The van der Waals surface area contributed by atoms with Gasteiger partial charge in [-0.3, -0.25) is 4.79 Å². The van der Waals surface area contributed by atoms with Gasteiger partial charge in [-0.1, -0.05) is 32.3 Å². The summed E-state index contributed by atoms with van der Waals surface area (Å²) in [5.74, 6) is 1.70. The van der Waals surface area contributed by atoms with E-state index in [4.69, 9.17) is 25.6 Å². The zero-order valence-electron chi connectivity index (χ0n) is 29.0. The number of aryl methyl sites for hydroxylation is 1. The average Bonchev–Trinajstić information content (AvgIpc) is 3.91. The molecule has 0 bridgehead atoms. The molecule has 4 aromatic rings. The van der Waals surface area contributed by atoms with Crippen molar-refractivity contribution in [1.29, 1.82) is 10.7 Å². The highest BCUT2D eigenvalue weighted by molar-refractivity contribution is 7.16. The summed E-state index contributed by atoms with van der Waals surface area (Å²) in [6.07, 6.45) is 10.2. The quantitative estimate of drug-likeness (QED) is 0.193. The number of nitrogens with zero attached hydrogens (tertiary/aromatic N) is 8. The maximum absolute atomic E-state index is 12.9. The number of hydrogen-bond donors (Lipinski definition) is 3. The number of nitrogens with two attached hydrogens (primary N) is 1. The number of amides is 1. The third kappa shape index (κ3) is 6.21. The van der Waals surface area contributed by atoms with E-state index in [9.17, 15) is 10.1 Å². The number of nitriles is 1. The molecule has 49 heavy (non-hydrogen) atoms. The minimum Gasteiger partial charge on any atom is -0.389 e. The smallest absolute Gasteiger partial charge is 0.274 e. The molecule has 0 saturated carbocycles. The number of fused-ring (bicyclic) bond motifs is 2. The molecule has 0 aromatic carbocycles. The van der Waals surface area contributed by atoms with Crippen LogP contribution in [0.3, 0.4) is 0 Å². The third-order valence-electron chi connectivity index (χ3n) is 9.77. The third-order valence-corrected chi connectivity index (χ3v) is 10.9. The fraction of sp³-hybridized carbons (Fsp3) is 0.514. The summed E-state index contributed by atoms with van der Waals surface area (Å²) in [4.78, 5) is 28.0. The maximum atomic E-state index is 12.9. The normalized spacial score (nSPS) is 18.8. The number of carbonyl (C=O) groups is 1. The molecule has 4 aromatic heterocycles. The molecule has 2 aliphatic heterocycles. The molecule has 1 amide bonds. The molecule has 1 aliphatic carbocycles. The van der Waals surface area contributed by atoms with Crippen LogP contribution in [0.25, 0.3) is 17.3 Å². The minimum absolute atomic E-state index is 0.136. The number of carbonyl (C=O) groups excluding carboxylic acids is 1. The number of nitrogen functional groups attached to an aromatic ring is 1. The standard InChI is InChI=1S/C33H39N11O2S.C2H6/c1-4-7-24-25(22(14-34)29(36)47-24)20-9-5-10-21-27(41-46-28(20)21)31-38-30(37-16-19-8-6-12-42(19)2)23(15-35)32(39-31)44-17-18-11-13-43(3)33(45)26(18)40-44;1-2/h15,17,19-20,35H,4-13,16,36H2,1-3H3,(H,37,38,39);1-2H3. The summed E-state index contributed by atoms with van der Waals surface area (Å²) in [5.41, 5.74) is 11.0. The van der Waals surface area contributed by atoms with Crippen molar-refractivity contribution in [2.75, 3.05) is 44.8 Å². The highest BCUT2D eigenvalue weighted by atomic mass is 32.1. The van der Waals surface area contributed by atoms with E-state index >= 15 is 0 Å². The zero-order chi connectivity index (χ0) is 34.8.